The first-order valence-corrected chi connectivity index (χ1v) is 9.82. The third kappa shape index (κ3) is 3.92. The largest absolute Gasteiger partial charge is 0.299 e. The summed E-state index contributed by atoms with van der Waals surface area (Å²) in [7, 11) is 0. The van der Waals surface area contributed by atoms with Gasteiger partial charge in [-0.25, -0.2) is 4.98 Å². The molecule has 3 aromatic rings. The predicted octanol–water partition coefficient (Wildman–Crippen LogP) is 4.18. The number of fused-ring (bicyclic) bond motifs is 1. The standard InChI is InChI=1S/C20H22N4OS/c1-14-6-10-24(11-7-14)13-15-2-3-17-18(12-15)26-20(22-17)23-19(25)16-4-8-21-9-5-16/h2-5,8-9,12,14H,6-7,10-11,13H2,1H3,(H,22,23,25). The number of pyridine rings is 1. The molecule has 0 radical (unpaired) electrons. The molecule has 1 aromatic carbocycles. The Balaban J connectivity index is 1.46. The highest BCUT2D eigenvalue weighted by molar-refractivity contribution is 7.22. The number of rotatable bonds is 4. The maximum atomic E-state index is 12.3. The van der Waals surface area contributed by atoms with Crippen molar-refractivity contribution in [1.29, 1.82) is 0 Å². The quantitative estimate of drug-likeness (QED) is 0.753. The van der Waals surface area contributed by atoms with Gasteiger partial charge in [-0.1, -0.05) is 24.3 Å². The van der Waals surface area contributed by atoms with Gasteiger partial charge in [-0.2, -0.15) is 0 Å². The van der Waals surface area contributed by atoms with Crippen LogP contribution in [-0.4, -0.2) is 33.9 Å². The molecule has 1 aliphatic rings. The van der Waals surface area contributed by atoms with Crippen LogP contribution < -0.4 is 5.32 Å². The summed E-state index contributed by atoms with van der Waals surface area (Å²) in [6.45, 7) is 5.67. The lowest BCUT2D eigenvalue weighted by atomic mass is 9.99. The molecule has 1 aliphatic heterocycles. The molecule has 6 heteroatoms. The number of thiazole rings is 1. The molecule has 0 saturated carbocycles. The van der Waals surface area contributed by atoms with E-state index in [2.05, 4.69) is 45.3 Å². The maximum Gasteiger partial charge on any atom is 0.257 e. The third-order valence-corrected chi connectivity index (χ3v) is 5.83. The molecular weight excluding hydrogens is 344 g/mol. The van der Waals surface area contributed by atoms with Gasteiger partial charge in [-0.3, -0.25) is 20.0 Å². The number of nitrogens with one attached hydrogen (secondary N) is 1. The van der Waals surface area contributed by atoms with E-state index in [4.69, 9.17) is 0 Å². The summed E-state index contributed by atoms with van der Waals surface area (Å²) < 4.78 is 1.11. The van der Waals surface area contributed by atoms with E-state index in [0.717, 1.165) is 22.7 Å². The molecule has 134 valence electrons. The molecular formula is C20H22N4OS. The lowest BCUT2D eigenvalue weighted by molar-refractivity contribution is 0.102. The van der Waals surface area contributed by atoms with E-state index in [-0.39, 0.29) is 5.91 Å². The Bertz CT molecular complexity index is 901. The van der Waals surface area contributed by atoms with Crippen LogP contribution in [0.3, 0.4) is 0 Å². The zero-order valence-electron chi connectivity index (χ0n) is 14.8. The predicted molar refractivity (Wildman–Crippen MR) is 105 cm³/mol. The van der Waals surface area contributed by atoms with E-state index in [0.29, 0.717) is 10.7 Å². The number of aromatic nitrogens is 2. The number of piperidine rings is 1. The van der Waals surface area contributed by atoms with Crippen LogP contribution in [0, 0.1) is 5.92 Å². The first kappa shape index (κ1) is 17.1. The van der Waals surface area contributed by atoms with Crippen molar-refractivity contribution < 1.29 is 4.79 Å². The summed E-state index contributed by atoms with van der Waals surface area (Å²) in [6.07, 6.45) is 5.80. The van der Waals surface area contributed by atoms with Gasteiger partial charge in [0.15, 0.2) is 5.13 Å². The average Bonchev–Trinajstić information content (AvgIpc) is 3.06. The maximum absolute atomic E-state index is 12.3. The number of carbonyl (C=O) groups is 1. The van der Waals surface area contributed by atoms with Crippen LogP contribution in [0.25, 0.3) is 10.2 Å². The summed E-state index contributed by atoms with van der Waals surface area (Å²) in [5, 5.41) is 3.51. The van der Waals surface area contributed by atoms with Gasteiger partial charge in [0.25, 0.3) is 5.91 Å². The molecule has 0 atom stereocenters. The minimum atomic E-state index is -0.158. The van der Waals surface area contributed by atoms with Crippen LogP contribution in [0.15, 0.2) is 42.7 Å². The van der Waals surface area contributed by atoms with Crippen molar-refractivity contribution in [3.63, 3.8) is 0 Å². The van der Waals surface area contributed by atoms with Crippen molar-refractivity contribution in [3.05, 3.63) is 53.9 Å². The lowest BCUT2D eigenvalue weighted by Crippen LogP contribution is -2.32. The molecule has 0 bridgehead atoms. The molecule has 1 fully saturated rings. The summed E-state index contributed by atoms with van der Waals surface area (Å²) in [4.78, 5) is 23.3. The van der Waals surface area contributed by atoms with Gasteiger partial charge in [0.1, 0.15) is 0 Å². The normalized spacial score (nSPS) is 16.0. The summed E-state index contributed by atoms with van der Waals surface area (Å²) in [5.74, 6) is 0.691. The van der Waals surface area contributed by atoms with Gasteiger partial charge in [0, 0.05) is 24.5 Å². The topological polar surface area (TPSA) is 58.1 Å². The van der Waals surface area contributed by atoms with Crippen LogP contribution in [0.4, 0.5) is 5.13 Å². The first-order chi connectivity index (χ1) is 12.7. The molecule has 0 aliphatic carbocycles. The van der Waals surface area contributed by atoms with Gasteiger partial charge in [0.2, 0.25) is 0 Å². The van der Waals surface area contributed by atoms with Crippen LogP contribution in [0.2, 0.25) is 0 Å². The Morgan fingerprint density at radius 3 is 2.77 bits per heavy atom. The van der Waals surface area contributed by atoms with Crippen molar-refractivity contribution >= 4 is 32.6 Å². The van der Waals surface area contributed by atoms with Gasteiger partial charge >= 0.3 is 0 Å². The molecule has 1 saturated heterocycles. The van der Waals surface area contributed by atoms with Crippen molar-refractivity contribution in [1.82, 2.24) is 14.9 Å². The van der Waals surface area contributed by atoms with E-state index >= 15 is 0 Å². The molecule has 0 spiro atoms. The summed E-state index contributed by atoms with van der Waals surface area (Å²) in [5.41, 5.74) is 2.82. The minimum Gasteiger partial charge on any atom is -0.299 e. The highest BCUT2D eigenvalue weighted by Crippen LogP contribution is 2.28. The summed E-state index contributed by atoms with van der Waals surface area (Å²) in [6, 6.07) is 9.79. The van der Waals surface area contributed by atoms with Crippen LogP contribution >= 0.6 is 11.3 Å². The van der Waals surface area contributed by atoms with E-state index < -0.39 is 0 Å². The zero-order chi connectivity index (χ0) is 17.9. The van der Waals surface area contributed by atoms with E-state index in [1.54, 1.807) is 24.5 Å². The van der Waals surface area contributed by atoms with Crippen LogP contribution in [-0.2, 0) is 6.54 Å². The summed E-state index contributed by atoms with van der Waals surface area (Å²) >= 11 is 1.52. The number of hydrogen-bond donors (Lipinski definition) is 1. The van der Waals surface area contributed by atoms with Crippen molar-refractivity contribution in [2.24, 2.45) is 5.92 Å². The molecule has 1 amide bonds. The molecule has 5 nitrogen and oxygen atoms in total. The fraction of sp³-hybridized carbons (Fsp3) is 0.350. The van der Waals surface area contributed by atoms with Gasteiger partial charge in [0.05, 0.1) is 10.2 Å². The Morgan fingerprint density at radius 2 is 2.00 bits per heavy atom. The third-order valence-electron chi connectivity index (χ3n) is 4.90. The molecule has 2 aromatic heterocycles. The van der Waals surface area contributed by atoms with E-state index in [9.17, 15) is 4.79 Å². The van der Waals surface area contributed by atoms with Gasteiger partial charge < -0.3 is 0 Å². The lowest BCUT2D eigenvalue weighted by Gasteiger charge is -2.30. The Kier molecular flexibility index (Phi) is 4.95. The highest BCUT2D eigenvalue weighted by Gasteiger charge is 2.16. The van der Waals surface area contributed by atoms with E-state index in [1.165, 1.54) is 42.8 Å². The van der Waals surface area contributed by atoms with Gasteiger partial charge in [-0.15, -0.1) is 0 Å². The van der Waals surface area contributed by atoms with Crippen molar-refractivity contribution in [2.45, 2.75) is 26.3 Å². The number of nitrogens with zero attached hydrogens (tertiary/aromatic N) is 3. The number of likely N-dealkylation sites (tertiary alicyclic amines) is 1. The Hall–Kier alpha value is -2.31. The number of anilines is 1. The van der Waals surface area contributed by atoms with Crippen molar-refractivity contribution in [3.8, 4) is 0 Å². The second-order valence-corrected chi connectivity index (χ2v) is 8.00. The highest BCUT2D eigenvalue weighted by atomic mass is 32.1. The fourth-order valence-corrected chi connectivity index (χ4v) is 4.20. The number of carbonyl (C=O) groups excluding carboxylic acids is 1. The number of benzene rings is 1. The zero-order valence-corrected chi connectivity index (χ0v) is 15.6. The van der Waals surface area contributed by atoms with E-state index in [1.807, 2.05) is 0 Å². The molecule has 0 unspecified atom stereocenters. The SMILES string of the molecule is CC1CCN(Cc2ccc3nc(NC(=O)c4ccncc4)sc3c2)CC1. The smallest absolute Gasteiger partial charge is 0.257 e. The number of amides is 1. The van der Waals surface area contributed by atoms with Gasteiger partial charge in [-0.05, 0) is 61.7 Å². The fourth-order valence-electron chi connectivity index (χ4n) is 3.27. The minimum absolute atomic E-state index is 0.158. The molecule has 4 rings (SSSR count). The second kappa shape index (κ2) is 7.51. The Morgan fingerprint density at radius 1 is 1.23 bits per heavy atom. The molecule has 26 heavy (non-hydrogen) atoms. The Labute approximate surface area is 157 Å². The molecule has 3 heterocycles. The van der Waals surface area contributed by atoms with Crippen LogP contribution in [0.1, 0.15) is 35.7 Å². The average molecular weight is 366 g/mol. The first-order valence-electron chi connectivity index (χ1n) is 9.00. The second-order valence-electron chi connectivity index (χ2n) is 6.97. The monoisotopic (exact) mass is 366 g/mol. The molecule has 1 N–H and O–H groups in total. The van der Waals surface area contributed by atoms with Crippen LogP contribution in [0.5, 0.6) is 0 Å². The number of hydrogen-bond acceptors (Lipinski definition) is 5. The van der Waals surface area contributed by atoms with Crippen molar-refractivity contribution in [2.75, 3.05) is 18.4 Å².